The molecule has 0 saturated heterocycles. The number of aryl methyl sites for hydroxylation is 1. The molecule has 0 aliphatic heterocycles. The number of carbonyl (C=O) groups excluding carboxylic acids is 3. The predicted octanol–water partition coefficient (Wildman–Crippen LogP) is 3.03. The van der Waals surface area contributed by atoms with E-state index in [1.54, 1.807) is 38.3 Å². The lowest BCUT2D eigenvalue weighted by Gasteiger charge is -2.16. The highest BCUT2D eigenvalue weighted by Gasteiger charge is 2.20. The van der Waals surface area contributed by atoms with Crippen molar-refractivity contribution in [2.24, 2.45) is 0 Å². The molecule has 0 aliphatic carbocycles. The van der Waals surface area contributed by atoms with Gasteiger partial charge in [-0.1, -0.05) is 30.3 Å². The highest BCUT2D eigenvalue weighted by Crippen LogP contribution is 2.22. The Labute approximate surface area is 180 Å². The van der Waals surface area contributed by atoms with Crippen molar-refractivity contribution in [3.05, 3.63) is 71.4 Å². The van der Waals surface area contributed by atoms with Gasteiger partial charge in [-0.3, -0.25) is 14.6 Å². The average molecular weight is 420 g/mol. The quantitative estimate of drug-likeness (QED) is 0.563. The van der Waals surface area contributed by atoms with Gasteiger partial charge in [0.2, 0.25) is 0 Å². The number of Topliss-reactive ketones (excluding diaryl/α,β-unsaturated/α-hetero) is 1. The maximum absolute atomic E-state index is 12.5. The van der Waals surface area contributed by atoms with E-state index in [0.717, 1.165) is 16.5 Å². The summed E-state index contributed by atoms with van der Waals surface area (Å²) in [5, 5.41) is 3.36. The van der Waals surface area contributed by atoms with E-state index in [1.807, 2.05) is 30.3 Å². The van der Waals surface area contributed by atoms with Crippen LogP contribution in [0.1, 0.15) is 28.5 Å². The first-order chi connectivity index (χ1) is 14.9. The van der Waals surface area contributed by atoms with Crippen LogP contribution in [0.15, 0.2) is 54.6 Å². The molecule has 3 rings (SSSR count). The Morgan fingerprint density at radius 1 is 1.06 bits per heavy atom. The van der Waals surface area contributed by atoms with E-state index in [1.165, 1.54) is 6.92 Å². The van der Waals surface area contributed by atoms with Gasteiger partial charge in [-0.15, -0.1) is 0 Å². The lowest BCUT2D eigenvalue weighted by atomic mass is 10.0. The number of pyridine rings is 1. The van der Waals surface area contributed by atoms with Gasteiger partial charge in [-0.2, -0.15) is 0 Å². The number of aromatic nitrogens is 1. The molecular formula is C24H24N2O5. The number of hydrogen-bond acceptors (Lipinski definition) is 6. The number of fused-ring (bicyclic) bond motifs is 1. The predicted molar refractivity (Wildman–Crippen MR) is 116 cm³/mol. The van der Waals surface area contributed by atoms with E-state index in [4.69, 9.17) is 9.47 Å². The molecule has 1 atom stereocenters. The molecule has 0 aliphatic rings. The summed E-state index contributed by atoms with van der Waals surface area (Å²) in [4.78, 5) is 41.2. The number of carbonyl (C=O) groups is 3. The van der Waals surface area contributed by atoms with Gasteiger partial charge in [0.1, 0.15) is 5.75 Å². The Hall–Kier alpha value is -3.74. The van der Waals surface area contributed by atoms with E-state index in [2.05, 4.69) is 10.3 Å². The molecule has 1 amide bonds. The highest BCUT2D eigenvalue weighted by molar-refractivity contribution is 5.96. The van der Waals surface area contributed by atoms with Crippen molar-refractivity contribution >= 4 is 28.6 Å². The molecule has 1 heterocycles. The Balaban J connectivity index is 1.64. The van der Waals surface area contributed by atoms with E-state index in [9.17, 15) is 14.4 Å². The second-order valence-electron chi connectivity index (χ2n) is 7.18. The highest BCUT2D eigenvalue weighted by atomic mass is 16.5. The van der Waals surface area contributed by atoms with Gasteiger partial charge in [-0.05, 0) is 50.1 Å². The van der Waals surface area contributed by atoms with E-state index in [-0.39, 0.29) is 11.3 Å². The molecule has 7 heteroatoms. The summed E-state index contributed by atoms with van der Waals surface area (Å²) in [5.74, 6) is -0.734. The van der Waals surface area contributed by atoms with E-state index in [0.29, 0.717) is 17.9 Å². The first kappa shape index (κ1) is 22.0. The molecule has 0 bridgehead atoms. The molecule has 160 valence electrons. The zero-order valence-electron chi connectivity index (χ0n) is 17.7. The average Bonchev–Trinajstić information content (AvgIpc) is 2.76. The number of methoxy groups -OCH3 is 1. The maximum atomic E-state index is 12.5. The smallest absolute Gasteiger partial charge is 0.340 e. The third-order valence-electron chi connectivity index (χ3n) is 4.88. The van der Waals surface area contributed by atoms with Crippen molar-refractivity contribution in [3.8, 4) is 5.75 Å². The maximum Gasteiger partial charge on any atom is 0.340 e. The van der Waals surface area contributed by atoms with Crippen LogP contribution in [0.5, 0.6) is 5.75 Å². The topological polar surface area (TPSA) is 94.6 Å². The molecule has 0 saturated carbocycles. The molecule has 7 nitrogen and oxygen atoms in total. The van der Waals surface area contributed by atoms with E-state index >= 15 is 0 Å². The van der Waals surface area contributed by atoms with Gasteiger partial charge in [0.25, 0.3) is 5.91 Å². The Bertz CT molecular complexity index is 1110. The van der Waals surface area contributed by atoms with Crippen molar-refractivity contribution in [2.75, 3.05) is 13.7 Å². The molecular weight excluding hydrogens is 396 g/mol. The van der Waals surface area contributed by atoms with Crippen LogP contribution in [-0.2, 0) is 20.7 Å². The van der Waals surface area contributed by atoms with Crippen LogP contribution in [0, 0.1) is 6.92 Å². The van der Waals surface area contributed by atoms with Gasteiger partial charge >= 0.3 is 5.97 Å². The molecule has 0 fully saturated rings. The Morgan fingerprint density at radius 2 is 1.81 bits per heavy atom. The molecule has 3 aromatic rings. The van der Waals surface area contributed by atoms with Crippen molar-refractivity contribution in [1.29, 1.82) is 0 Å². The van der Waals surface area contributed by atoms with Crippen LogP contribution >= 0.6 is 0 Å². The fourth-order valence-corrected chi connectivity index (χ4v) is 3.18. The second kappa shape index (κ2) is 9.84. The number of benzene rings is 2. The number of ether oxygens (including phenoxy) is 2. The largest absolute Gasteiger partial charge is 0.497 e. The van der Waals surface area contributed by atoms with Crippen molar-refractivity contribution in [3.63, 3.8) is 0 Å². The Kier molecular flexibility index (Phi) is 6.97. The van der Waals surface area contributed by atoms with Crippen LogP contribution < -0.4 is 10.1 Å². The molecule has 1 N–H and O–H groups in total. The number of hydrogen-bond donors (Lipinski definition) is 1. The fourth-order valence-electron chi connectivity index (χ4n) is 3.18. The lowest BCUT2D eigenvalue weighted by molar-refractivity contribution is -0.128. The minimum atomic E-state index is -0.690. The van der Waals surface area contributed by atoms with Gasteiger partial charge in [0, 0.05) is 5.39 Å². The van der Waals surface area contributed by atoms with Crippen LogP contribution in [0.3, 0.4) is 0 Å². The molecule has 0 radical (unpaired) electrons. The summed E-state index contributed by atoms with van der Waals surface area (Å²) < 4.78 is 10.4. The first-order valence-electron chi connectivity index (χ1n) is 9.83. The van der Waals surface area contributed by atoms with Gasteiger partial charge in [0.05, 0.1) is 29.9 Å². The third-order valence-corrected chi connectivity index (χ3v) is 4.88. The first-order valence-corrected chi connectivity index (χ1v) is 9.83. The standard InChI is InChI=1S/C24H24N2O5/c1-15-20(13-18-12-19(30-3)9-10-21(18)25-15)24(29)31-14-23(28)26-22(16(2)27)11-17-7-5-4-6-8-17/h4-10,12-13,22H,11,14H2,1-3H3,(H,26,28). The minimum Gasteiger partial charge on any atom is -0.497 e. The number of rotatable bonds is 8. The van der Waals surface area contributed by atoms with Gasteiger partial charge < -0.3 is 14.8 Å². The second-order valence-corrected chi connectivity index (χ2v) is 7.18. The summed E-state index contributed by atoms with van der Waals surface area (Å²) in [6.07, 6.45) is 0.366. The normalized spacial score (nSPS) is 11.6. The minimum absolute atomic E-state index is 0.174. The van der Waals surface area contributed by atoms with Crippen LogP contribution in [0.25, 0.3) is 10.9 Å². The Morgan fingerprint density at radius 3 is 2.48 bits per heavy atom. The SMILES string of the molecule is COc1ccc2nc(C)c(C(=O)OCC(=O)NC(Cc3ccccc3)C(C)=O)cc2c1. The van der Waals surface area contributed by atoms with E-state index < -0.39 is 24.5 Å². The van der Waals surface area contributed by atoms with Gasteiger partial charge in [0.15, 0.2) is 12.4 Å². The zero-order chi connectivity index (χ0) is 22.4. The van der Waals surface area contributed by atoms with Crippen LogP contribution in [0.4, 0.5) is 0 Å². The lowest BCUT2D eigenvalue weighted by Crippen LogP contribution is -2.43. The molecule has 1 aromatic heterocycles. The van der Waals surface area contributed by atoms with Crippen LogP contribution in [-0.4, -0.2) is 42.4 Å². The summed E-state index contributed by atoms with van der Waals surface area (Å²) in [6.45, 7) is 2.62. The third kappa shape index (κ3) is 5.66. The molecule has 2 aromatic carbocycles. The van der Waals surface area contributed by atoms with Crippen molar-refractivity contribution in [2.45, 2.75) is 26.3 Å². The monoisotopic (exact) mass is 420 g/mol. The number of nitrogens with one attached hydrogen (secondary N) is 1. The number of amides is 1. The van der Waals surface area contributed by atoms with Crippen molar-refractivity contribution in [1.82, 2.24) is 10.3 Å². The summed E-state index contributed by atoms with van der Waals surface area (Å²) >= 11 is 0. The number of nitrogens with zero attached hydrogens (tertiary/aromatic N) is 1. The molecule has 0 spiro atoms. The molecule has 31 heavy (non-hydrogen) atoms. The summed E-state index contributed by atoms with van der Waals surface area (Å²) in [6, 6.07) is 15.7. The fraction of sp³-hybridized carbons (Fsp3) is 0.250. The zero-order valence-corrected chi connectivity index (χ0v) is 17.7. The van der Waals surface area contributed by atoms with Crippen molar-refractivity contribution < 1.29 is 23.9 Å². The summed E-state index contributed by atoms with van der Waals surface area (Å²) in [5.41, 5.74) is 2.40. The van der Waals surface area contributed by atoms with Crippen LogP contribution in [0.2, 0.25) is 0 Å². The molecule has 1 unspecified atom stereocenters. The number of esters is 1. The van der Waals surface area contributed by atoms with Gasteiger partial charge in [-0.25, -0.2) is 4.79 Å². The number of ketones is 1. The summed E-state index contributed by atoms with van der Waals surface area (Å²) in [7, 11) is 1.56.